The number of nitrogens with zero attached hydrogens (tertiary/aromatic N) is 3. The van der Waals surface area contributed by atoms with Crippen molar-refractivity contribution in [2.45, 2.75) is 65.0 Å². The molecule has 242 valence electrons. The molecular weight excluding hydrogens is 574 g/mol. The zero-order valence-corrected chi connectivity index (χ0v) is 27.5. The SMILES string of the molecule is CC/C(=C(/c1ccc(OCCCC/C=C/C(=O)N(C)CCO)cc1)c1ccc2c(cnn2C2CCCCO2)c1)c1ccccc1C. The second-order valence-electron chi connectivity index (χ2n) is 12.0. The molecule has 7 heteroatoms. The van der Waals surface area contributed by atoms with E-state index in [-0.39, 0.29) is 18.7 Å². The standard InChI is InChI=1S/C39H47N3O4/c1-4-34(35-14-9-8-13-29(35)2)39(31-19-22-36-32(27-31)28-40-42(36)38-16-10-12-26-46-38)30-17-20-33(21-18-30)45-25-11-6-5-7-15-37(44)41(3)23-24-43/h7-9,13-15,17-22,27-28,38,43H,4-6,10-12,16,23-26H2,1-3H3/b15-7+,39-34+. The van der Waals surface area contributed by atoms with E-state index in [9.17, 15) is 4.79 Å². The zero-order valence-electron chi connectivity index (χ0n) is 27.5. The van der Waals surface area contributed by atoms with Gasteiger partial charge in [0, 0.05) is 25.6 Å². The van der Waals surface area contributed by atoms with Gasteiger partial charge in [-0.2, -0.15) is 5.10 Å². The summed E-state index contributed by atoms with van der Waals surface area (Å²) in [5.41, 5.74) is 8.47. The maximum Gasteiger partial charge on any atom is 0.246 e. The average molecular weight is 622 g/mol. The van der Waals surface area contributed by atoms with E-state index in [0.29, 0.717) is 13.2 Å². The van der Waals surface area contributed by atoms with E-state index in [4.69, 9.17) is 19.7 Å². The summed E-state index contributed by atoms with van der Waals surface area (Å²) in [5, 5.41) is 14.8. The van der Waals surface area contributed by atoms with Crippen molar-refractivity contribution in [1.29, 1.82) is 0 Å². The van der Waals surface area contributed by atoms with Gasteiger partial charge in [0.15, 0.2) is 6.23 Å². The Labute approximate surface area is 273 Å². The van der Waals surface area contributed by atoms with E-state index in [1.165, 1.54) is 32.7 Å². The normalized spacial score (nSPS) is 15.7. The number of amides is 1. The number of hydrogen-bond donors (Lipinski definition) is 1. The number of carbonyl (C=O) groups is 1. The molecule has 1 saturated heterocycles. The van der Waals surface area contributed by atoms with E-state index in [1.807, 2.05) is 17.0 Å². The summed E-state index contributed by atoms with van der Waals surface area (Å²) >= 11 is 0. The highest BCUT2D eigenvalue weighted by Gasteiger charge is 2.20. The molecule has 7 nitrogen and oxygen atoms in total. The van der Waals surface area contributed by atoms with Crippen LogP contribution in [0.25, 0.3) is 22.0 Å². The largest absolute Gasteiger partial charge is 0.494 e. The molecular formula is C39H47N3O4. The molecule has 5 rings (SSSR count). The van der Waals surface area contributed by atoms with Crippen LogP contribution in [0.5, 0.6) is 5.75 Å². The zero-order chi connectivity index (χ0) is 32.3. The van der Waals surface area contributed by atoms with Gasteiger partial charge in [-0.05, 0) is 116 Å². The Kier molecular flexibility index (Phi) is 11.8. The molecule has 1 aromatic heterocycles. The van der Waals surface area contributed by atoms with E-state index in [1.54, 1.807) is 13.1 Å². The highest BCUT2D eigenvalue weighted by atomic mass is 16.5. The van der Waals surface area contributed by atoms with Gasteiger partial charge in [-0.1, -0.05) is 55.5 Å². The molecule has 0 bridgehead atoms. The Morgan fingerprint density at radius 2 is 1.89 bits per heavy atom. The Hall–Kier alpha value is -4.20. The summed E-state index contributed by atoms with van der Waals surface area (Å²) < 4.78 is 14.2. The van der Waals surface area contributed by atoms with Crippen molar-refractivity contribution < 1.29 is 19.4 Å². The van der Waals surface area contributed by atoms with Gasteiger partial charge in [-0.3, -0.25) is 4.79 Å². The number of hydrogen-bond acceptors (Lipinski definition) is 5. The van der Waals surface area contributed by atoms with E-state index >= 15 is 0 Å². The van der Waals surface area contributed by atoms with Gasteiger partial charge >= 0.3 is 0 Å². The average Bonchev–Trinajstić information content (AvgIpc) is 3.51. The van der Waals surface area contributed by atoms with E-state index in [0.717, 1.165) is 73.8 Å². The molecule has 3 aromatic carbocycles. The smallest absolute Gasteiger partial charge is 0.246 e. The highest BCUT2D eigenvalue weighted by Crippen LogP contribution is 2.38. The third kappa shape index (κ3) is 8.14. The molecule has 0 spiro atoms. The monoisotopic (exact) mass is 621 g/mol. The Bertz CT molecular complexity index is 1650. The minimum Gasteiger partial charge on any atom is -0.494 e. The fourth-order valence-corrected chi connectivity index (χ4v) is 6.13. The first-order chi connectivity index (χ1) is 22.5. The summed E-state index contributed by atoms with van der Waals surface area (Å²) in [5.74, 6) is 0.758. The van der Waals surface area contributed by atoms with Gasteiger partial charge < -0.3 is 19.5 Å². The van der Waals surface area contributed by atoms with Crippen molar-refractivity contribution in [2.24, 2.45) is 0 Å². The first-order valence-corrected chi connectivity index (χ1v) is 16.6. The van der Waals surface area contributed by atoms with Crippen LogP contribution in [0, 0.1) is 6.92 Å². The van der Waals surface area contributed by atoms with Crippen LogP contribution in [0.3, 0.4) is 0 Å². The highest BCUT2D eigenvalue weighted by molar-refractivity contribution is 6.01. The van der Waals surface area contributed by atoms with Crippen LogP contribution in [-0.4, -0.2) is 59.1 Å². The maximum absolute atomic E-state index is 11.9. The van der Waals surface area contributed by atoms with E-state index < -0.39 is 0 Å². The predicted molar refractivity (Wildman–Crippen MR) is 186 cm³/mol. The maximum atomic E-state index is 11.9. The van der Waals surface area contributed by atoms with Crippen molar-refractivity contribution >= 4 is 28.0 Å². The molecule has 1 N–H and O–H groups in total. The van der Waals surface area contributed by atoms with Crippen LogP contribution in [0.1, 0.15) is 80.4 Å². The number of benzene rings is 3. The second kappa shape index (κ2) is 16.4. The third-order valence-corrected chi connectivity index (χ3v) is 8.69. The first-order valence-electron chi connectivity index (χ1n) is 16.6. The van der Waals surface area contributed by atoms with Gasteiger partial charge in [-0.25, -0.2) is 4.68 Å². The summed E-state index contributed by atoms with van der Waals surface area (Å²) in [7, 11) is 1.69. The predicted octanol–water partition coefficient (Wildman–Crippen LogP) is 7.97. The van der Waals surface area contributed by atoms with E-state index in [2.05, 4.69) is 80.6 Å². The Morgan fingerprint density at radius 3 is 2.63 bits per heavy atom. The topological polar surface area (TPSA) is 76.8 Å². The summed E-state index contributed by atoms with van der Waals surface area (Å²) in [4.78, 5) is 13.4. The van der Waals surface area contributed by atoms with Gasteiger partial charge in [0.1, 0.15) is 5.75 Å². The number of carbonyl (C=O) groups excluding carboxylic acids is 1. The van der Waals surface area contributed by atoms with Crippen molar-refractivity contribution in [3.8, 4) is 5.75 Å². The second-order valence-corrected chi connectivity index (χ2v) is 12.0. The lowest BCUT2D eigenvalue weighted by Gasteiger charge is -2.23. The molecule has 0 aliphatic carbocycles. The molecule has 1 aliphatic heterocycles. The van der Waals surface area contributed by atoms with Crippen molar-refractivity contribution in [2.75, 3.05) is 33.4 Å². The number of unbranched alkanes of at least 4 members (excludes halogenated alkanes) is 2. The summed E-state index contributed by atoms with van der Waals surface area (Å²) in [6.07, 6.45) is 12.2. The quantitative estimate of drug-likeness (QED) is 0.0878. The molecule has 1 amide bonds. The van der Waals surface area contributed by atoms with Gasteiger partial charge in [-0.15, -0.1) is 0 Å². The van der Waals surface area contributed by atoms with Crippen molar-refractivity contribution in [3.63, 3.8) is 0 Å². The van der Waals surface area contributed by atoms with Crippen LogP contribution in [0.15, 0.2) is 85.1 Å². The molecule has 0 radical (unpaired) electrons. The van der Waals surface area contributed by atoms with Crippen molar-refractivity contribution in [3.05, 3.63) is 107 Å². The molecule has 4 aromatic rings. The Balaban J connectivity index is 1.33. The molecule has 0 saturated carbocycles. The lowest BCUT2D eigenvalue weighted by atomic mass is 9.86. The molecule has 1 fully saturated rings. The number of aromatic nitrogens is 2. The molecule has 2 heterocycles. The van der Waals surface area contributed by atoms with Crippen LogP contribution < -0.4 is 4.74 Å². The fraction of sp³-hybridized carbons (Fsp3) is 0.385. The number of likely N-dealkylation sites (N-methyl/N-ethyl adjacent to an activating group) is 1. The lowest BCUT2D eigenvalue weighted by Crippen LogP contribution is -2.27. The minimum atomic E-state index is -0.0866. The number of aliphatic hydroxyl groups excluding tert-OH is 1. The van der Waals surface area contributed by atoms with Crippen molar-refractivity contribution in [1.82, 2.24) is 14.7 Å². The van der Waals surface area contributed by atoms with Gasteiger partial charge in [0.05, 0.1) is 24.9 Å². The first kappa shape index (κ1) is 33.2. The molecule has 1 aliphatic rings. The number of fused-ring (bicyclic) bond motifs is 1. The van der Waals surface area contributed by atoms with Crippen LogP contribution in [0.2, 0.25) is 0 Å². The Morgan fingerprint density at radius 1 is 1.09 bits per heavy atom. The number of rotatable bonds is 14. The van der Waals surface area contributed by atoms with Gasteiger partial charge in [0.2, 0.25) is 5.91 Å². The number of aryl methyl sites for hydroxylation is 1. The van der Waals surface area contributed by atoms with Crippen LogP contribution >= 0.6 is 0 Å². The van der Waals surface area contributed by atoms with Gasteiger partial charge in [0.25, 0.3) is 0 Å². The number of aliphatic hydroxyl groups is 1. The minimum absolute atomic E-state index is 0.00268. The van der Waals surface area contributed by atoms with Crippen LogP contribution in [-0.2, 0) is 9.53 Å². The molecule has 46 heavy (non-hydrogen) atoms. The summed E-state index contributed by atoms with van der Waals surface area (Å²) in [6, 6.07) is 23.8. The third-order valence-electron chi connectivity index (χ3n) is 8.69. The lowest BCUT2D eigenvalue weighted by molar-refractivity contribution is -0.125. The number of ether oxygens (including phenoxy) is 2. The summed E-state index contributed by atoms with van der Waals surface area (Å²) in [6.45, 7) is 6.13. The van der Waals surface area contributed by atoms with Crippen LogP contribution in [0.4, 0.5) is 0 Å². The fourth-order valence-electron chi connectivity index (χ4n) is 6.13. The number of allylic oxidation sites excluding steroid dienone is 2. The molecule has 1 unspecified atom stereocenters. The molecule has 1 atom stereocenters.